The van der Waals surface area contributed by atoms with Crippen LogP contribution in [0.2, 0.25) is 0 Å². The zero-order valence-electron chi connectivity index (χ0n) is 12.3. The molecular weight excluding hydrogens is 300 g/mol. The molecule has 0 aliphatic carbocycles. The average Bonchev–Trinajstić information content (AvgIpc) is 2.33. The van der Waals surface area contributed by atoms with Crippen molar-refractivity contribution in [3.8, 4) is 0 Å². The van der Waals surface area contributed by atoms with E-state index in [1.165, 1.54) is 6.42 Å². The molecule has 22 heavy (non-hydrogen) atoms. The van der Waals surface area contributed by atoms with Crippen molar-refractivity contribution >= 4 is 23.9 Å². The molecule has 0 saturated carbocycles. The first-order chi connectivity index (χ1) is 10.0. The molecular formula is C13H22O9. The van der Waals surface area contributed by atoms with Gasteiger partial charge >= 0.3 is 23.9 Å². The van der Waals surface area contributed by atoms with Crippen LogP contribution in [0.1, 0.15) is 51.9 Å². The van der Waals surface area contributed by atoms with Crippen molar-refractivity contribution in [2.75, 3.05) is 0 Å². The molecule has 0 aromatic carbocycles. The number of carbonyl (C=O) groups is 4. The Hall–Kier alpha value is -2.16. The zero-order chi connectivity index (χ0) is 17.8. The van der Waals surface area contributed by atoms with Crippen LogP contribution in [-0.4, -0.2) is 55.0 Å². The van der Waals surface area contributed by atoms with Gasteiger partial charge in [0.2, 0.25) is 0 Å². The summed E-state index contributed by atoms with van der Waals surface area (Å²) in [6, 6.07) is 0. The predicted molar refractivity (Wildman–Crippen MR) is 73.5 cm³/mol. The SMILES string of the molecule is CCCCCCC(=O)O.O=C(O)CC(O)(CC(=O)O)C(=O)O. The minimum atomic E-state index is -2.74. The van der Waals surface area contributed by atoms with Crippen molar-refractivity contribution in [3.05, 3.63) is 0 Å². The first-order valence-electron chi connectivity index (χ1n) is 6.66. The molecule has 0 bridgehead atoms. The zero-order valence-corrected chi connectivity index (χ0v) is 12.3. The summed E-state index contributed by atoms with van der Waals surface area (Å²) in [5.74, 6) is -5.69. The van der Waals surface area contributed by atoms with Crippen molar-refractivity contribution in [3.63, 3.8) is 0 Å². The average molecular weight is 322 g/mol. The molecule has 5 N–H and O–H groups in total. The predicted octanol–water partition coefficient (Wildman–Crippen LogP) is 0.793. The summed E-state index contributed by atoms with van der Waals surface area (Å²) in [5, 5.41) is 42.0. The first-order valence-corrected chi connectivity index (χ1v) is 6.66. The molecule has 0 fully saturated rings. The van der Waals surface area contributed by atoms with Gasteiger partial charge in [-0.15, -0.1) is 0 Å². The minimum Gasteiger partial charge on any atom is -0.481 e. The van der Waals surface area contributed by atoms with Crippen LogP contribution < -0.4 is 0 Å². The number of aliphatic carboxylic acids is 4. The molecule has 9 heteroatoms. The summed E-state index contributed by atoms with van der Waals surface area (Å²) in [6.45, 7) is 2.11. The fourth-order valence-electron chi connectivity index (χ4n) is 1.42. The van der Waals surface area contributed by atoms with Gasteiger partial charge in [-0.3, -0.25) is 14.4 Å². The van der Waals surface area contributed by atoms with E-state index in [0.717, 1.165) is 19.3 Å². The summed E-state index contributed by atoms with van der Waals surface area (Å²) in [4.78, 5) is 40.4. The van der Waals surface area contributed by atoms with Gasteiger partial charge < -0.3 is 25.5 Å². The van der Waals surface area contributed by atoms with Crippen molar-refractivity contribution in [1.29, 1.82) is 0 Å². The van der Waals surface area contributed by atoms with Crippen molar-refractivity contribution in [2.24, 2.45) is 0 Å². The maximum Gasteiger partial charge on any atom is 0.336 e. The second-order valence-electron chi connectivity index (χ2n) is 4.68. The van der Waals surface area contributed by atoms with Gasteiger partial charge in [-0.1, -0.05) is 26.2 Å². The summed E-state index contributed by atoms with van der Waals surface area (Å²) in [7, 11) is 0. The van der Waals surface area contributed by atoms with Crippen LogP contribution in [0.25, 0.3) is 0 Å². The normalized spacial score (nSPS) is 10.3. The van der Waals surface area contributed by atoms with E-state index in [-0.39, 0.29) is 0 Å². The van der Waals surface area contributed by atoms with Gasteiger partial charge in [0.15, 0.2) is 5.60 Å². The largest absolute Gasteiger partial charge is 0.481 e. The van der Waals surface area contributed by atoms with E-state index in [9.17, 15) is 19.2 Å². The first kappa shape index (κ1) is 22.1. The number of hydrogen-bond donors (Lipinski definition) is 5. The van der Waals surface area contributed by atoms with E-state index in [0.29, 0.717) is 6.42 Å². The fraction of sp³-hybridized carbons (Fsp3) is 0.692. The van der Waals surface area contributed by atoms with Crippen LogP contribution >= 0.6 is 0 Å². The van der Waals surface area contributed by atoms with E-state index in [1.807, 2.05) is 0 Å². The molecule has 9 nitrogen and oxygen atoms in total. The van der Waals surface area contributed by atoms with Crippen molar-refractivity contribution in [2.45, 2.75) is 57.5 Å². The second-order valence-corrected chi connectivity index (χ2v) is 4.68. The van der Waals surface area contributed by atoms with Gasteiger partial charge in [0.1, 0.15) is 0 Å². The van der Waals surface area contributed by atoms with Crippen LogP contribution in [0.4, 0.5) is 0 Å². The molecule has 0 spiro atoms. The van der Waals surface area contributed by atoms with Gasteiger partial charge in [0.05, 0.1) is 12.8 Å². The fourth-order valence-corrected chi connectivity index (χ4v) is 1.42. The molecule has 0 rings (SSSR count). The molecule has 0 radical (unpaired) electrons. The van der Waals surface area contributed by atoms with Crippen LogP contribution in [-0.2, 0) is 19.2 Å². The standard InChI is InChI=1S/C7H14O2.C6H8O7/c1-2-3-4-5-6-7(8)9;7-3(8)1-6(13,5(11)12)2-4(9)10/h2-6H2,1H3,(H,8,9);13H,1-2H2,(H,7,8)(H,9,10)(H,11,12). The third-order valence-corrected chi connectivity index (χ3v) is 2.53. The number of rotatable bonds is 10. The molecule has 128 valence electrons. The lowest BCUT2D eigenvalue weighted by Gasteiger charge is -2.18. The highest BCUT2D eigenvalue weighted by atomic mass is 16.4. The third-order valence-electron chi connectivity index (χ3n) is 2.53. The summed E-state index contributed by atoms with van der Waals surface area (Å²) < 4.78 is 0. The Balaban J connectivity index is 0. The highest BCUT2D eigenvalue weighted by Crippen LogP contribution is 2.15. The van der Waals surface area contributed by atoms with E-state index >= 15 is 0 Å². The van der Waals surface area contributed by atoms with E-state index in [2.05, 4.69) is 6.92 Å². The summed E-state index contributed by atoms with van der Waals surface area (Å²) >= 11 is 0. The number of carboxylic acid groups (broad SMARTS) is 4. The molecule has 0 heterocycles. The smallest absolute Gasteiger partial charge is 0.336 e. The van der Waals surface area contributed by atoms with Gasteiger partial charge in [-0.25, -0.2) is 4.79 Å². The van der Waals surface area contributed by atoms with Gasteiger partial charge in [0.25, 0.3) is 0 Å². The molecule has 0 aliphatic rings. The Morgan fingerprint density at radius 2 is 1.23 bits per heavy atom. The van der Waals surface area contributed by atoms with Crippen LogP contribution in [0.15, 0.2) is 0 Å². The second kappa shape index (κ2) is 11.5. The highest BCUT2D eigenvalue weighted by Gasteiger charge is 2.40. The van der Waals surface area contributed by atoms with Crippen LogP contribution in [0.3, 0.4) is 0 Å². The highest BCUT2D eigenvalue weighted by molar-refractivity contribution is 5.88. The van der Waals surface area contributed by atoms with E-state index in [4.69, 9.17) is 25.5 Å². The van der Waals surface area contributed by atoms with E-state index in [1.54, 1.807) is 0 Å². The molecule has 0 unspecified atom stereocenters. The summed E-state index contributed by atoms with van der Waals surface area (Å²) in [5.41, 5.74) is -2.74. The monoisotopic (exact) mass is 322 g/mol. The van der Waals surface area contributed by atoms with Crippen LogP contribution in [0, 0.1) is 0 Å². The Bertz CT molecular complexity index is 373. The lowest BCUT2D eigenvalue weighted by Crippen LogP contribution is -2.42. The molecule has 0 aromatic rings. The van der Waals surface area contributed by atoms with Gasteiger partial charge in [-0.2, -0.15) is 0 Å². The number of hydrogen-bond acceptors (Lipinski definition) is 5. The lowest BCUT2D eigenvalue weighted by molar-refractivity contribution is -0.170. The molecule has 0 aromatic heterocycles. The number of unbranched alkanes of at least 4 members (excludes halogenated alkanes) is 3. The molecule has 0 atom stereocenters. The minimum absolute atomic E-state index is 0.333. The van der Waals surface area contributed by atoms with E-state index < -0.39 is 42.3 Å². The van der Waals surface area contributed by atoms with Crippen LogP contribution in [0.5, 0.6) is 0 Å². The van der Waals surface area contributed by atoms with Gasteiger partial charge in [0, 0.05) is 6.42 Å². The number of carboxylic acids is 4. The Morgan fingerprint density at radius 1 is 0.773 bits per heavy atom. The maximum atomic E-state index is 10.3. The topological polar surface area (TPSA) is 169 Å². The van der Waals surface area contributed by atoms with Gasteiger partial charge in [-0.05, 0) is 6.42 Å². The number of aliphatic hydroxyl groups is 1. The summed E-state index contributed by atoms with van der Waals surface area (Å²) in [6.07, 6.45) is 2.27. The van der Waals surface area contributed by atoms with Crippen molar-refractivity contribution in [1.82, 2.24) is 0 Å². The molecule has 0 aliphatic heterocycles. The molecule has 0 saturated heterocycles. The molecule has 0 amide bonds. The maximum absolute atomic E-state index is 10.3. The third kappa shape index (κ3) is 12.9. The Morgan fingerprint density at radius 3 is 1.50 bits per heavy atom. The lowest BCUT2D eigenvalue weighted by atomic mass is 9.96. The van der Waals surface area contributed by atoms with Crippen molar-refractivity contribution < 1.29 is 44.7 Å². The Labute approximate surface area is 127 Å². The quantitative estimate of drug-likeness (QED) is 0.365. The Kier molecular flexibility index (Phi) is 11.6.